The first-order valence-corrected chi connectivity index (χ1v) is 13.8. The van der Waals surface area contributed by atoms with Crippen LogP contribution < -0.4 is 10.5 Å². The normalized spacial score (nSPS) is 12.3. The summed E-state index contributed by atoms with van der Waals surface area (Å²) < 4.78 is 23.6. The number of oxazole rings is 1. The summed E-state index contributed by atoms with van der Waals surface area (Å²) in [5.74, 6) is 0.962. The highest BCUT2D eigenvalue weighted by Crippen LogP contribution is 2.27. The van der Waals surface area contributed by atoms with E-state index in [4.69, 9.17) is 24.4 Å². The zero-order valence-electron chi connectivity index (χ0n) is 23.4. The van der Waals surface area contributed by atoms with Gasteiger partial charge in [0.2, 0.25) is 5.89 Å². The van der Waals surface area contributed by atoms with Gasteiger partial charge in [0.15, 0.2) is 0 Å². The van der Waals surface area contributed by atoms with E-state index in [0.717, 1.165) is 27.1 Å². The van der Waals surface area contributed by atoms with Crippen LogP contribution >= 0.6 is 15.9 Å². The van der Waals surface area contributed by atoms with E-state index in [0.29, 0.717) is 36.7 Å². The third-order valence-corrected chi connectivity index (χ3v) is 6.14. The van der Waals surface area contributed by atoms with Crippen molar-refractivity contribution in [3.63, 3.8) is 0 Å². The molecule has 0 radical (unpaired) electrons. The molecule has 0 amide bonds. The van der Waals surface area contributed by atoms with E-state index in [1.807, 2.05) is 58.0 Å². The summed E-state index contributed by atoms with van der Waals surface area (Å²) >= 11 is 3.47. The third-order valence-electron chi connectivity index (χ3n) is 5.65. The SMILES string of the molecule is Cc1oc(-c2cccc(Br)c2)nc1CCOc1ccc(CCC(=O)OC(C)(C)C)c(C(N)C(=O)OC(C)C)c1. The van der Waals surface area contributed by atoms with Crippen LogP contribution in [0.15, 0.2) is 51.4 Å². The Kier molecular flexibility index (Phi) is 10.3. The first kappa shape index (κ1) is 30.4. The fourth-order valence-electron chi connectivity index (χ4n) is 3.91. The van der Waals surface area contributed by atoms with Crippen LogP contribution in [0.4, 0.5) is 0 Å². The molecule has 0 aliphatic rings. The van der Waals surface area contributed by atoms with Crippen LogP contribution in [-0.4, -0.2) is 35.2 Å². The molecule has 210 valence electrons. The molecule has 2 aromatic carbocycles. The van der Waals surface area contributed by atoms with Crippen LogP contribution in [0.2, 0.25) is 0 Å². The molecule has 1 unspecified atom stereocenters. The van der Waals surface area contributed by atoms with Crippen LogP contribution in [0.1, 0.15) is 69.7 Å². The lowest BCUT2D eigenvalue weighted by molar-refractivity contribution is -0.154. The molecule has 2 N–H and O–H groups in total. The standard InChI is InChI=1S/C30H37BrN2O6/c1-18(2)37-29(35)27(32)24-17-23(12-10-20(24)11-13-26(34)39-30(4,5)6)36-15-14-25-19(3)38-28(33-25)21-8-7-9-22(31)16-21/h7-10,12,16-18,27H,11,13-15,32H2,1-6H3. The summed E-state index contributed by atoms with van der Waals surface area (Å²) in [5.41, 5.74) is 8.72. The summed E-state index contributed by atoms with van der Waals surface area (Å²) in [7, 11) is 0. The molecule has 1 atom stereocenters. The fourth-order valence-corrected chi connectivity index (χ4v) is 4.31. The second-order valence-electron chi connectivity index (χ2n) is 10.5. The number of hydrogen-bond acceptors (Lipinski definition) is 8. The second-order valence-corrected chi connectivity index (χ2v) is 11.5. The van der Waals surface area contributed by atoms with Crippen molar-refractivity contribution in [1.29, 1.82) is 0 Å². The van der Waals surface area contributed by atoms with Gasteiger partial charge in [-0.2, -0.15) is 0 Å². The van der Waals surface area contributed by atoms with Crippen molar-refractivity contribution in [1.82, 2.24) is 4.98 Å². The van der Waals surface area contributed by atoms with Gasteiger partial charge in [-0.05, 0) is 89.4 Å². The summed E-state index contributed by atoms with van der Waals surface area (Å²) in [5, 5.41) is 0. The first-order valence-electron chi connectivity index (χ1n) is 13.0. The number of esters is 2. The van der Waals surface area contributed by atoms with E-state index in [-0.39, 0.29) is 18.5 Å². The van der Waals surface area contributed by atoms with Crippen molar-refractivity contribution < 1.29 is 28.2 Å². The topological polar surface area (TPSA) is 114 Å². The number of benzene rings is 2. The van der Waals surface area contributed by atoms with Crippen molar-refractivity contribution in [2.24, 2.45) is 5.73 Å². The van der Waals surface area contributed by atoms with Crippen LogP contribution in [0.25, 0.3) is 11.5 Å². The van der Waals surface area contributed by atoms with Crippen molar-refractivity contribution in [2.75, 3.05) is 6.61 Å². The molecule has 8 nitrogen and oxygen atoms in total. The molecule has 0 fully saturated rings. The maximum Gasteiger partial charge on any atom is 0.327 e. The summed E-state index contributed by atoms with van der Waals surface area (Å²) in [4.78, 5) is 29.5. The largest absolute Gasteiger partial charge is 0.493 e. The molecule has 3 aromatic rings. The van der Waals surface area contributed by atoms with E-state index < -0.39 is 17.6 Å². The molecule has 0 spiro atoms. The smallest absolute Gasteiger partial charge is 0.327 e. The average Bonchev–Trinajstić information content (AvgIpc) is 3.21. The average molecular weight is 602 g/mol. The van der Waals surface area contributed by atoms with Crippen molar-refractivity contribution >= 4 is 27.9 Å². The second kappa shape index (κ2) is 13.3. The van der Waals surface area contributed by atoms with Gasteiger partial charge in [-0.25, -0.2) is 9.78 Å². The zero-order valence-corrected chi connectivity index (χ0v) is 25.0. The Morgan fingerprint density at radius 2 is 1.85 bits per heavy atom. The van der Waals surface area contributed by atoms with E-state index in [1.165, 1.54) is 0 Å². The number of ether oxygens (including phenoxy) is 3. The highest BCUT2D eigenvalue weighted by molar-refractivity contribution is 9.10. The third kappa shape index (κ3) is 9.21. The number of halogens is 1. The van der Waals surface area contributed by atoms with Gasteiger partial charge in [0.05, 0.1) is 18.4 Å². The van der Waals surface area contributed by atoms with Gasteiger partial charge in [-0.1, -0.05) is 28.1 Å². The van der Waals surface area contributed by atoms with Gasteiger partial charge in [0.1, 0.15) is 23.2 Å². The van der Waals surface area contributed by atoms with E-state index >= 15 is 0 Å². The molecule has 0 saturated carbocycles. The lowest BCUT2D eigenvalue weighted by atomic mass is 9.97. The van der Waals surface area contributed by atoms with Crippen molar-refractivity contribution in [3.8, 4) is 17.2 Å². The molecule has 0 aliphatic carbocycles. The lowest BCUT2D eigenvalue weighted by Gasteiger charge is -2.21. The summed E-state index contributed by atoms with van der Waals surface area (Å²) in [6.45, 7) is 11.2. The molecule has 39 heavy (non-hydrogen) atoms. The Balaban J connectivity index is 1.72. The first-order chi connectivity index (χ1) is 18.3. The minimum absolute atomic E-state index is 0.155. The highest BCUT2D eigenvalue weighted by Gasteiger charge is 2.24. The molecule has 0 bridgehead atoms. The molecule has 0 aliphatic heterocycles. The van der Waals surface area contributed by atoms with Gasteiger partial charge >= 0.3 is 11.9 Å². The zero-order chi connectivity index (χ0) is 28.7. The Labute approximate surface area is 238 Å². The Morgan fingerprint density at radius 1 is 1.10 bits per heavy atom. The highest BCUT2D eigenvalue weighted by atomic mass is 79.9. The van der Waals surface area contributed by atoms with Crippen molar-refractivity contribution in [3.05, 3.63) is 69.5 Å². The van der Waals surface area contributed by atoms with E-state index in [9.17, 15) is 9.59 Å². The molecular weight excluding hydrogens is 564 g/mol. The molecule has 3 rings (SSSR count). The maximum atomic E-state index is 12.6. The van der Waals surface area contributed by atoms with E-state index in [1.54, 1.807) is 26.0 Å². The summed E-state index contributed by atoms with van der Waals surface area (Å²) in [6, 6.07) is 12.1. The number of rotatable bonds is 11. The number of aromatic nitrogens is 1. The minimum Gasteiger partial charge on any atom is -0.493 e. The van der Waals surface area contributed by atoms with Crippen LogP contribution in [0, 0.1) is 6.92 Å². The fraction of sp³-hybridized carbons (Fsp3) is 0.433. The van der Waals surface area contributed by atoms with Crippen LogP contribution in [0.3, 0.4) is 0 Å². The number of nitrogens with two attached hydrogens (primary N) is 1. The maximum absolute atomic E-state index is 12.6. The Hall–Kier alpha value is -3.17. The Bertz CT molecular complexity index is 1290. The number of aryl methyl sites for hydroxylation is 2. The minimum atomic E-state index is -1.02. The monoisotopic (exact) mass is 600 g/mol. The van der Waals surface area contributed by atoms with Crippen LogP contribution in [-0.2, 0) is 31.9 Å². The van der Waals surface area contributed by atoms with Crippen LogP contribution in [0.5, 0.6) is 5.75 Å². The van der Waals surface area contributed by atoms with E-state index in [2.05, 4.69) is 20.9 Å². The molecule has 1 heterocycles. The molecule has 1 aromatic heterocycles. The molecule has 9 heteroatoms. The quantitative estimate of drug-likeness (QED) is 0.256. The predicted octanol–water partition coefficient (Wildman–Crippen LogP) is 6.26. The predicted molar refractivity (Wildman–Crippen MR) is 152 cm³/mol. The Morgan fingerprint density at radius 3 is 2.51 bits per heavy atom. The van der Waals surface area contributed by atoms with Gasteiger partial charge < -0.3 is 24.4 Å². The number of carbonyl (C=O) groups excluding carboxylic acids is 2. The lowest BCUT2D eigenvalue weighted by Crippen LogP contribution is -2.27. The number of carbonyl (C=O) groups is 2. The van der Waals surface area contributed by atoms with Gasteiger partial charge in [0, 0.05) is 22.9 Å². The van der Waals surface area contributed by atoms with Crippen molar-refractivity contribution in [2.45, 2.75) is 78.6 Å². The molecular formula is C30H37BrN2O6. The van der Waals surface area contributed by atoms with Gasteiger partial charge in [-0.15, -0.1) is 0 Å². The summed E-state index contributed by atoms with van der Waals surface area (Å²) in [6.07, 6.45) is 0.743. The van der Waals surface area contributed by atoms with Gasteiger partial charge in [0.25, 0.3) is 0 Å². The number of hydrogen-bond donors (Lipinski definition) is 1. The van der Waals surface area contributed by atoms with Gasteiger partial charge in [-0.3, -0.25) is 4.79 Å². The molecule has 0 saturated heterocycles. The number of nitrogens with zero attached hydrogens (tertiary/aromatic N) is 1.